The number of aromatic nitrogens is 1. The number of nitrogens with zero attached hydrogens (tertiary/aromatic N) is 2. The minimum atomic E-state index is -0.0758. The van der Waals surface area contributed by atoms with E-state index < -0.39 is 0 Å². The number of pyridine rings is 1. The van der Waals surface area contributed by atoms with Gasteiger partial charge in [-0.25, -0.2) is 0 Å². The zero-order valence-electron chi connectivity index (χ0n) is 18.7. The van der Waals surface area contributed by atoms with E-state index >= 15 is 0 Å². The van der Waals surface area contributed by atoms with Crippen LogP contribution in [0.4, 0.5) is 0 Å². The molecule has 0 amide bonds. The summed E-state index contributed by atoms with van der Waals surface area (Å²) in [6.45, 7) is 3.63. The zero-order valence-corrected chi connectivity index (χ0v) is 18.7. The Labute approximate surface area is 189 Å². The number of benzene rings is 2. The summed E-state index contributed by atoms with van der Waals surface area (Å²) in [6.07, 6.45) is 1.69. The Kier molecular flexibility index (Phi) is 8.74. The Hall–Kier alpha value is -3.74. The van der Waals surface area contributed by atoms with Gasteiger partial charge in [0.1, 0.15) is 18.5 Å². The van der Waals surface area contributed by atoms with E-state index in [1.54, 1.807) is 20.4 Å². The van der Waals surface area contributed by atoms with Crippen molar-refractivity contribution in [3.8, 4) is 17.2 Å². The summed E-state index contributed by atoms with van der Waals surface area (Å²) in [7, 11) is 3.38. The number of rotatable bonds is 10. The van der Waals surface area contributed by atoms with Gasteiger partial charge in [0.25, 0.3) is 0 Å². The summed E-state index contributed by atoms with van der Waals surface area (Å²) >= 11 is 0. The quantitative estimate of drug-likeness (QED) is 0.373. The summed E-state index contributed by atoms with van der Waals surface area (Å²) in [5.74, 6) is 2.93. The SMILES string of the molecule is CN=C(NCc1cccc(OCc2ccccn2)c1)NCC(C)Oc1ccccc1OC. The van der Waals surface area contributed by atoms with E-state index in [4.69, 9.17) is 14.2 Å². The molecule has 7 nitrogen and oxygen atoms in total. The molecule has 1 unspecified atom stereocenters. The van der Waals surface area contributed by atoms with Crippen LogP contribution in [0, 0.1) is 0 Å². The summed E-state index contributed by atoms with van der Waals surface area (Å²) < 4.78 is 17.2. The monoisotopic (exact) mass is 434 g/mol. The predicted molar refractivity (Wildman–Crippen MR) is 126 cm³/mol. The standard InChI is InChI=1S/C25H30N4O3/c1-19(32-24-13-5-4-12-23(24)30-3)16-28-25(26-2)29-17-20-9-8-11-22(15-20)31-18-21-10-6-7-14-27-21/h4-15,19H,16-18H2,1-3H3,(H2,26,28,29). The molecule has 1 heterocycles. The largest absolute Gasteiger partial charge is 0.493 e. The molecule has 1 atom stereocenters. The molecule has 0 spiro atoms. The van der Waals surface area contributed by atoms with Crippen LogP contribution < -0.4 is 24.8 Å². The summed E-state index contributed by atoms with van der Waals surface area (Å²) in [4.78, 5) is 8.57. The first-order chi connectivity index (χ1) is 15.7. The van der Waals surface area contributed by atoms with Crippen molar-refractivity contribution in [1.82, 2.24) is 15.6 Å². The Balaban J connectivity index is 1.45. The smallest absolute Gasteiger partial charge is 0.191 e. The molecule has 0 aliphatic heterocycles. The van der Waals surface area contributed by atoms with Gasteiger partial charge in [0.2, 0.25) is 0 Å². The summed E-state index contributed by atoms with van der Waals surface area (Å²) in [5.41, 5.74) is 1.98. The number of methoxy groups -OCH3 is 1. The number of para-hydroxylation sites is 2. The van der Waals surface area contributed by atoms with Crippen molar-refractivity contribution in [1.29, 1.82) is 0 Å². The normalized spacial score (nSPS) is 12.0. The molecule has 0 bridgehead atoms. The fourth-order valence-corrected chi connectivity index (χ4v) is 3.01. The van der Waals surface area contributed by atoms with Crippen molar-refractivity contribution in [3.05, 3.63) is 84.2 Å². The molecule has 3 rings (SSSR count). The second kappa shape index (κ2) is 12.2. The Morgan fingerprint density at radius 1 is 1.00 bits per heavy atom. The molecule has 0 aliphatic carbocycles. The predicted octanol–water partition coefficient (Wildman–Crippen LogP) is 3.80. The lowest BCUT2D eigenvalue weighted by Crippen LogP contribution is -2.41. The van der Waals surface area contributed by atoms with Gasteiger partial charge >= 0.3 is 0 Å². The first-order valence-corrected chi connectivity index (χ1v) is 10.5. The molecule has 2 aromatic carbocycles. The molecule has 1 aromatic heterocycles. The number of hydrogen-bond donors (Lipinski definition) is 2. The molecule has 168 valence electrons. The maximum absolute atomic E-state index is 5.98. The fourth-order valence-electron chi connectivity index (χ4n) is 3.01. The minimum absolute atomic E-state index is 0.0758. The van der Waals surface area contributed by atoms with Crippen LogP contribution in [0.15, 0.2) is 77.9 Å². The van der Waals surface area contributed by atoms with Crippen LogP contribution in [-0.4, -0.2) is 37.7 Å². The highest BCUT2D eigenvalue weighted by molar-refractivity contribution is 5.79. The Morgan fingerprint density at radius 2 is 1.81 bits per heavy atom. The van der Waals surface area contributed by atoms with Gasteiger partial charge in [0.15, 0.2) is 17.5 Å². The van der Waals surface area contributed by atoms with Crippen molar-refractivity contribution in [3.63, 3.8) is 0 Å². The van der Waals surface area contributed by atoms with Crippen molar-refractivity contribution < 1.29 is 14.2 Å². The van der Waals surface area contributed by atoms with E-state index in [9.17, 15) is 0 Å². The maximum atomic E-state index is 5.98. The second-order valence-electron chi connectivity index (χ2n) is 7.14. The van der Waals surface area contributed by atoms with Gasteiger partial charge in [-0.3, -0.25) is 9.98 Å². The minimum Gasteiger partial charge on any atom is -0.493 e. The highest BCUT2D eigenvalue weighted by Gasteiger charge is 2.09. The van der Waals surface area contributed by atoms with Gasteiger partial charge in [-0.15, -0.1) is 0 Å². The highest BCUT2D eigenvalue weighted by atomic mass is 16.5. The van der Waals surface area contributed by atoms with Crippen LogP contribution >= 0.6 is 0 Å². The van der Waals surface area contributed by atoms with E-state index in [1.807, 2.05) is 73.7 Å². The molecule has 32 heavy (non-hydrogen) atoms. The third-order valence-electron chi connectivity index (χ3n) is 4.65. The van der Waals surface area contributed by atoms with Crippen molar-refractivity contribution >= 4 is 5.96 Å². The van der Waals surface area contributed by atoms with Crippen LogP contribution in [0.5, 0.6) is 17.2 Å². The fraction of sp³-hybridized carbons (Fsp3) is 0.280. The van der Waals surface area contributed by atoms with Gasteiger partial charge < -0.3 is 24.8 Å². The lowest BCUT2D eigenvalue weighted by molar-refractivity contribution is 0.213. The molecule has 0 fully saturated rings. The first kappa shape index (κ1) is 22.9. The lowest BCUT2D eigenvalue weighted by atomic mass is 10.2. The van der Waals surface area contributed by atoms with Crippen LogP contribution in [0.2, 0.25) is 0 Å². The topological polar surface area (TPSA) is 77.0 Å². The molecule has 0 saturated carbocycles. The van der Waals surface area contributed by atoms with Crippen molar-refractivity contribution in [2.75, 3.05) is 20.7 Å². The second-order valence-corrected chi connectivity index (χ2v) is 7.14. The Bertz CT molecular complexity index is 995. The van der Waals surface area contributed by atoms with E-state index in [2.05, 4.69) is 20.6 Å². The average Bonchev–Trinajstić information content (AvgIpc) is 2.84. The Morgan fingerprint density at radius 3 is 2.56 bits per heavy atom. The van der Waals surface area contributed by atoms with Crippen LogP contribution in [0.25, 0.3) is 0 Å². The molecular formula is C25H30N4O3. The lowest BCUT2D eigenvalue weighted by Gasteiger charge is -2.19. The van der Waals surface area contributed by atoms with Crippen LogP contribution in [0.3, 0.4) is 0 Å². The molecule has 2 N–H and O–H groups in total. The van der Waals surface area contributed by atoms with Crippen molar-refractivity contribution in [2.45, 2.75) is 26.2 Å². The third kappa shape index (κ3) is 7.19. The van der Waals surface area contributed by atoms with Gasteiger partial charge in [-0.1, -0.05) is 30.3 Å². The van der Waals surface area contributed by atoms with Crippen molar-refractivity contribution in [2.24, 2.45) is 4.99 Å². The zero-order chi connectivity index (χ0) is 22.6. The van der Waals surface area contributed by atoms with Crippen LogP contribution in [0.1, 0.15) is 18.2 Å². The van der Waals surface area contributed by atoms with E-state index in [0.29, 0.717) is 31.4 Å². The third-order valence-corrected chi connectivity index (χ3v) is 4.65. The van der Waals surface area contributed by atoms with Gasteiger partial charge in [-0.05, 0) is 48.9 Å². The molecule has 0 radical (unpaired) electrons. The number of hydrogen-bond acceptors (Lipinski definition) is 5. The maximum Gasteiger partial charge on any atom is 0.191 e. The summed E-state index contributed by atoms with van der Waals surface area (Å²) in [5, 5.41) is 6.61. The number of nitrogens with one attached hydrogen (secondary N) is 2. The van der Waals surface area contributed by atoms with Gasteiger partial charge in [0.05, 0.1) is 19.3 Å². The number of aliphatic imine (C=N–C) groups is 1. The van der Waals surface area contributed by atoms with Gasteiger partial charge in [-0.2, -0.15) is 0 Å². The molecule has 0 aliphatic rings. The number of guanidine groups is 1. The molecule has 3 aromatic rings. The van der Waals surface area contributed by atoms with E-state index in [1.165, 1.54) is 0 Å². The average molecular weight is 435 g/mol. The van der Waals surface area contributed by atoms with E-state index in [0.717, 1.165) is 22.8 Å². The molecule has 7 heteroatoms. The van der Waals surface area contributed by atoms with Crippen LogP contribution in [-0.2, 0) is 13.2 Å². The van der Waals surface area contributed by atoms with Gasteiger partial charge in [0, 0.05) is 19.8 Å². The first-order valence-electron chi connectivity index (χ1n) is 10.5. The number of ether oxygens (including phenoxy) is 3. The summed E-state index contributed by atoms with van der Waals surface area (Å²) in [6, 6.07) is 21.4. The molecular weight excluding hydrogens is 404 g/mol. The van der Waals surface area contributed by atoms with E-state index in [-0.39, 0.29) is 6.10 Å². The molecule has 0 saturated heterocycles. The highest BCUT2D eigenvalue weighted by Crippen LogP contribution is 2.26.